The van der Waals surface area contributed by atoms with Crippen LogP contribution in [0.1, 0.15) is 23.4 Å². The summed E-state index contributed by atoms with van der Waals surface area (Å²) in [5.41, 5.74) is 0.201. The SMILES string of the molecule is CCOc1ccc(N2C(=O)C(=O)/C(=C(\O)c3cccc([N+](=O)[O-])c3)C2c2cccs2)cc1. The molecular formula is C23H18N2O6S. The normalized spacial score (nSPS) is 17.5. The molecule has 1 aliphatic rings. The Bertz CT molecular complexity index is 1220. The molecule has 1 atom stereocenters. The van der Waals surface area contributed by atoms with Crippen LogP contribution in [0.2, 0.25) is 0 Å². The van der Waals surface area contributed by atoms with Crippen molar-refractivity contribution in [1.82, 2.24) is 0 Å². The van der Waals surface area contributed by atoms with Crippen molar-refractivity contribution in [2.24, 2.45) is 0 Å². The Morgan fingerprint density at radius 1 is 1.16 bits per heavy atom. The molecule has 8 nitrogen and oxygen atoms in total. The Labute approximate surface area is 187 Å². The first-order valence-electron chi connectivity index (χ1n) is 9.74. The number of ketones is 1. The smallest absolute Gasteiger partial charge is 0.300 e. The van der Waals surface area contributed by atoms with Crippen molar-refractivity contribution in [2.45, 2.75) is 13.0 Å². The third-order valence-corrected chi connectivity index (χ3v) is 5.94. The average molecular weight is 450 g/mol. The Balaban J connectivity index is 1.86. The fraction of sp³-hybridized carbons (Fsp3) is 0.130. The third-order valence-electron chi connectivity index (χ3n) is 5.01. The van der Waals surface area contributed by atoms with Crippen LogP contribution in [0.5, 0.6) is 5.75 Å². The molecule has 9 heteroatoms. The average Bonchev–Trinajstić information content (AvgIpc) is 3.41. The number of hydrogen-bond acceptors (Lipinski definition) is 7. The molecule has 3 aromatic rings. The quantitative estimate of drug-likeness (QED) is 0.192. The number of thiophene rings is 1. The third kappa shape index (κ3) is 3.74. The topological polar surface area (TPSA) is 110 Å². The van der Waals surface area contributed by atoms with Crippen LogP contribution in [0, 0.1) is 10.1 Å². The number of nitro benzene ring substituents is 1. The molecule has 2 aromatic carbocycles. The number of nitrogens with zero attached hydrogens (tertiary/aromatic N) is 2. The van der Waals surface area contributed by atoms with Crippen molar-refractivity contribution in [3.63, 3.8) is 0 Å². The van der Waals surface area contributed by atoms with Crippen molar-refractivity contribution in [3.8, 4) is 5.75 Å². The number of nitro groups is 1. The van der Waals surface area contributed by atoms with Crippen LogP contribution in [-0.4, -0.2) is 28.3 Å². The highest BCUT2D eigenvalue weighted by Gasteiger charge is 2.47. The molecule has 1 N–H and O–H groups in total. The van der Waals surface area contributed by atoms with Gasteiger partial charge in [-0.05, 0) is 42.6 Å². The van der Waals surface area contributed by atoms with E-state index in [9.17, 15) is 24.8 Å². The highest BCUT2D eigenvalue weighted by molar-refractivity contribution is 7.10. The summed E-state index contributed by atoms with van der Waals surface area (Å²) in [5, 5.41) is 24.0. The number of hydrogen-bond donors (Lipinski definition) is 1. The largest absolute Gasteiger partial charge is 0.507 e. The van der Waals surface area contributed by atoms with Gasteiger partial charge in [0.2, 0.25) is 0 Å². The van der Waals surface area contributed by atoms with E-state index in [1.165, 1.54) is 40.5 Å². The van der Waals surface area contributed by atoms with Crippen LogP contribution in [0.3, 0.4) is 0 Å². The van der Waals surface area contributed by atoms with E-state index in [1.807, 2.05) is 6.92 Å². The summed E-state index contributed by atoms with van der Waals surface area (Å²) in [6.07, 6.45) is 0. The summed E-state index contributed by atoms with van der Waals surface area (Å²) in [6.45, 7) is 2.35. The summed E-state index contributed by atoms with van der Waals surface area (Å²) in [6, 6.07) is 14.7. The predicted molar refractivity (Wildman–Crippen MR) is 120 cm³/mol. The van der Waals surface area contributed by atoms with Gasteiger partial charge in [0.15, 0.2) is 0 Å². The first-order valence-corrected chi connectivity index (χ1v) is 10.6. The van der Waals surface area contributed by atoms with Gasteiger partial charge in [-0.2, -0.15) is 0 Å². The van der Waals surface area contributed by atoms with Crippen molar-refractivity contribution >= 4 is 40.2 Å². The standard InChI is InChI=1S/C23H18N2O6S/c1-2-31-17-10-8-15(9-11-17)24-20(18-7-4-12-32-18)19(22(27)23(24)28)21(26)14-5-3-6-16(13-14)25(29)30/h3-13,20,26H,2H2,1H3/b21-19-. The number of Topliss-reactive ketones (excluding diaryl/α,β-unsaturated/α-hetero) is 1. The number of rotatable bonds is 6. The maximum Gasteiger partial charge on any atom is 0.300 e. The van der Waals surface area contributed by atoms with Gasteiger partial charge in [-0.25, -0.2) is 0 Å². The lowest BCUT2D eigenvalue weighted by atomic mass is 9.99. The second-order valence-electron chi connectivity index (χ2n) is 6.92. The zero-order chi connectivity index (χ0) is 22.8. The van der Waals surface area contributed by atoms with Gasteiger partial charge in [-0.1, -0.05) is 18.2 Å². The lowest BCUT2D eigenvalue weighted by Gasteiger charge is -2.24. The first-order chi connectivity index (χ1) is 15.4. The molecule has 0 radical (unpaired) electrons. The van der Waals surface area contributed by atoms with Gasteiger partial charge in [0.05, 0.1) is 17.1 Å². The second kappa shape index (κ2) is 8.64. The van der Waals surface area contributed by atoms with Crippen LogP contribution in [0.25, 0.3) is 5.76 Å². The minimum Gasteiger partial charge on any atom is -0.507 e. The van der Waals surface area contributed by atoms with Crippen molar-refractivity contribution in [1.29, 1.82) is 0 Å². The maximum atomic E-state index is 13.0. The predicted octanol–water partition coefficient (Wildman–Crippen LogP) is 4.68. The molecule has 1 unspecified atom stereocenters. The van der Waals surface area contributed by atoms with Crippen molar-refractivity contribution in [2.75, 3.05) is 11.5 Å². The number of anilines is 1. The van der Waals surface area contributed by atoms with E-state index in [4.69, 9.17) is 4.74 Å². The summed E-state index contributed by atoms with van der Waals surface area (Å²) in [5.74, 6) is -1.49. The summed E-state index contributed by atoms with van der Waals surface area (Å²) in [7, 11) is 0. The van der Waals surface area contributed by atoms with E-state index in [1.54, 1.807) is 41.8 Å². The van der Waals surface area contributed by atoms with E-state index in [0.29, 0.717) is 22.9 Å². The second-order valence-corrected chi connectivity index (χ2v) is 7.90. The van der Waals surface area contributed by atoms with Crippen LogP contribution >= 0.6 is 11.3 Å². The number of ether oxygens (including phenoxy) is 1. The van der Waals surface area contributed by atoms with Crippen LogP contribution in [0.15, 0.2) is 71.6 Å². The summed E-state index contributed by atoms with van der Waals surface area (Å²) >= 11 is 1.33. The van der Waals surface area contributed by atoms with E-state index in [0.717, 1.165) is 0 Å². The molecular weight excluding hydrogens is 432 g/mol. The van der Waals surface area contributed by atoms with Gasteiger partial charge in [0.1, 0.15) is 17.6 Å². The van der Waals surface area contributed by atoms with Crippen molar-refractivity contribution < 1.29 is 24.4 Å². The molecule has 162 valence electrons. The molecule has 1 aliphatic heterocycles. The lowest BCUT2D eigenvalue weighted by Crippen LogP contribution is -2.29. The number of carbonyl (C=O) groups excluding carboxylic acids is 2. The van der Waals surface area contributed by atoms with Crippen LogP contribution in [-0.2, 0) is 9.59 Å². The lowest BCUT2D eigenvalue weighted by molar-refractivity contribution is -0.384. The summed E-state index contributed by atoms with van der Waals surface area (Å²) in [4.78, 5) is 38.6. The molecule has 0 saturated carbocycles. The zero-order valence-electron chi connectivity index (χ0n) is 16.9. The Kier molecular flexibility index (Phi) is 5.74. The number of aliphatic hydroxyl groups is 1. The molecule has 1 saturated heterocycles. The number of non-ortho nitro benzene ring substituents is 1. The van der Waals surface area contributed by atoms with Gasteiger partial charge >= 0.3 is 0 Å². The van der Waals surface area contributed by atoms with E-state index in [-0.39, 0.29) is 16.8 Å². The van der Waals surface area contributed by atoms with Gasteiger partial charge < -0.3 is 9.84 Å². The van der Waals surface area contributed by atoms with Gasteiger partial charge in [-0.15, -0.1) is 11.3 Å². The molecule has 0 spiro atoms. The monoisotopic (exact) mass is 450 g/mol. The number of aliphatic hydroxyl groups excluding tert-OH is 1. The first kappa shape index (κ1) is 21.3. The maximum absolute atomic E-state index is 13.0. The molecule has 0 aliphatic carbocycles. The Morgan fingerprint density at radius 2 is 1.91 bits per heavy atom. The number of amides is 1. The molecule has 32 heavy (non-hydrogen) atoms. The molecule has 0 bridgehead atoms. The van der Waals surface area contributed by atoms with E-state index in [2.05, 4.69) is 0 Å². The fourth-order valence-electron chi connectivity index (χ4n) is 3.61. The van der Waals surface area contributed by atoms with E-state index < -0.39 is 28.4 Å². The molecule has 2 heterocycles. The Hall–Kier alpha value is -3.98. The van der Waals surface area contributed by atoms with E-state index >= 15 is 0 Å². The zero-order valence-corrected chi connectivity index (χ0v) is 17.7. The minimum absolute atomic E-state index is 0.0884. The Morgan fingerprint density at radius 3 is 2.53 bits per heavy atom. The van der Waals surface area contributed by atoms with Crippen LogP contribution in [0.4, 0.5) is 11.4 Å². The molecule has 1 aromatic heterocycles. The van der Waals surface area contributed by atoms with Gasteiger partial charge in [-0.3, -0.25) is 24.6 Å². The molecule has 1 amide bonds. The highest BCUT2D eigenvalue weighted by atomic mass is 32.1. The van der Waals surface area contributed by atoms with Crippen LogP contribution < -0.4 is 9.64 Å². The van der Waals surface area contributed by atoms with Gasteiger partial charge in [0.25, 0.3) is 17.4 Å². The molecule has 4 rings (SSSR count). The minimum atomic E-state index is -0.868. The van der Waals surface area contributed by atoms with Crippen molar-refractivity contribution in [3.05, 3.63) is 92.2 Å². The number of benzene rings is 2. The summed E-state index contributed by atoms with van der Waals surface area (Å²) < 4.78 is 5.45. The number of carbonyl (C=O) groups is 2. The molecule has 1 fully saturated rings. The highest BCUT2D eigenvalue weighted by Crippen LogP contribution is 2.44. The van der Waals surface area contributed by atoms with Gasteiger partial charge in [0, 0.05) is 28.3 Å². The fourth-order valence-corrected chi connectivity index (χ4v) is 4.43.